The molecule has 3 atom stereocenters. The summed E-state index contributed by atoms with van der Waals surface area (Å²) in [4.78, 5) is 70.7. The van der Waals surface area contributed by atoms with Gasteiger partial charge in [0.05, 0.1) is 78.8 Å². The zero-order valence-electron chi connectivity index (χ0n) is 62.2. The Kier molecular flexibility index (Phi) is 33.7. The first-order valence-corrected chi connectivity index (χ1v) is 42.2. The zero-order valence-corrected chi connectivity index (χ0v) is 70.7. The monoisotopic (exact) mass is 1950 g/mol. The van der Waals surface area contributed by atoms with Gasteiger partial charge in [-0.25, -0.2) is 4.98 Å². The lowest BCUT2D eigenvalue weighted by Crippen LogP contribution is -2.69. The number of azo groups is 2. The molecule has 14 rings (SSSR count). The molecule has 9 aromatic carbocycles. The van der Waals surface area contributed by atoms with E-state index in [9.17, 15) is 73.2 Å². The number of carbonyl (C=O) groups is 5. The first-order chi connectivity index (χ1) is 54.7. The number of nitrogen functional groups attached to an aromatic ring is 1. The summed E-state index contributed by atoms with van der Waals surface area (Å²) in [7, 11) is -12.7. The Morgan fingerprint density at radius 3 is 1.88 bits per heavy atom. The van der Waals surface area contributed by atoms with Crippen LogP contribution in [0.25, 0.3) is 59.2 Å². The van der Waals surface area contributed by atoms with Gasteiger partial charge >= 0.3 is 5.97 Å². The number of carbonyl (C=O) groups excluding carboxylic acids is 5. The van der Waals surface area contributed by atoms with Crippen molar-refractivity contribution in [2.24, 2.45) is 20.5 Å². The van der Waals surface area contributed by atoms with Gasteiger partial charge in [0, 0.05) is 77.2 Å². The third kappa shape index (κ3) is 23.1. The smallest absolute Gasteiger partial charge is 0.325 e. The standard InChI is InChI=1S/C33H23N5O11S3.C18H17ClN2O3.C11H9NO.C9H15Br2NO2.C9H7IN2O.4CH4/c39-32-27-4-2-1-3-26(27)31(52(47,48)49)18-29(32)38-36-22-8-5-19(6-9-22)33(40)34-21-11-13-23(14-12-21)35-37-24-10-7-20-15-25(50(41,42)43)17-30(28(20)16-24)51(44,45)46;1-3-24-17(22)10-20-18-13-6-4-11(19)8-16(13)21-15-7-5-12(23-2)9-14(15)18;1-8(13)11-10-5-3-2-4-9(10)6-7-12-11;1-8(2)6(10)5(13)7(11)9(3,4)12(8)14;10-6-4-7(11)9(13)8-5(6)2-1-3-12-8;;;;/h1-18,29H,(H,34,40)(H,41,42,43)(H,44,45,46)(H,47,48,49);4-9H,3,10H2,1-2H3,(H,20,21);2-7H,1H3;6-7,14H,1-4H3;1-4,13H,11H2;4*1H4. The molecule has 0 bridgehead atoms. The number of hydrogen-bond acceptors (Lipinski definition) is 25. The van der Waals surface area contributed by atoms with E-state index in [1.54, 1.807) is 75.0 Å². The maximum absolute atomic E-state index is 12.9. The Morgan fingerprint density at radius 1 is 0.642 bits per heavy atom. The maximum Gasteiger partial charge on any atom is 0.325 e. The number of nitrogens with two attached hydrogens (primary N) is 1. The molecule has 1 fully saturated rings. The third-order valence-corrected chi connectivity index (χ3v) is 24.8. The summed E-state index contributed by atoms with van der Waals surface area (Å²) < 4.78 is 111. The molecule has 29 nitrogen and oxygen atoms in total. The Hall–Kier alpha value is -10.6. The van der Waals surface area contributed by atoms with Crippen LogP contribution in [0.1, 0.15) is 108 Å². The molecule has 36 heteroatoms. The van der Waals surface area contributed by atoms with E-state index in [2.05, 4.69) is 100 Å². The second-order valence-corrected chi connectivity index (χ2v) is 34.3. The van der Waals surface area contributed by atoms with Crippen LogP contribution in [0, 0.1) is 3.57 Å². The number of piperidine rings is 1. The van der Waals surface area contributed by atoms with Gasteiger partial charge in [-0.15, -0.1) is 0 Å². The van der Waals surface area contributed by atoms with Gasteiger partial charge in [0.25, 0.3) is 36.3 Å². The number of methoxy groups -OCH3 is 1. The van der Waals surface area contributed by atoms with E-state index in [1.807, 2.05) is 94.4 Å². The fraction of sp³-hybridized carbons (Fsp3) is 0.214. The molecular weight excluding hydrogens is 1870 g/mol. The van der Waals surface area contributed by atoms with Gasteiger partial charge in [0.2, 0.25) is 0 Å². The Morgan fingerprint density at radius 2 is 1.25 bits per heavy atom. The normalized spacial score (nSPS) is 15.3. The number of fused-ring (bicyclic) bond motifs is 6. The lowest BCUT2D eigenvalue weighted by Gasteiger charge is -2.52. The van der Waals surface area contributed by atoms with Gasteiger partial charge in [0.1, 0.15) is 33.3 Å². The molecule has 1 aliphatic carbocycles. The molecule has 2 aliphatic rings. The lowest BCUT2D eigenvalue weighted by molar-refractivity contribution is -0.231. The first kappa shape index (κ1) is 98.3. The number of amides is 1. The van der Waals surface area contributed by atoms with E-state index in [0.29, 0.717) is 46.0 Å². The Bertz CT molecular complexity index is 6310. The lowest BCUT2D eigenvalue weighted by atomic mass is 9.81. The van der Waals surface area contributed by atoms with Crippen LogP contribution in [-0.2, 0) is 44.7 Å². The molecule has 1 saturated heterocycles. The van der Waals surface area contributed by atoms with Crippen molar-refractivity contribution in [1.82, 2.24) is 20.0 Å². The topological polar surface area (TPSA) is 449 Å². The van der Waals surface area contributed by atoms with E-state index in [-0.39, 0.29) is 108 Å². The number of pyridine rings is 3. The summed E-state index contributed by atoms with van der Waals surface area (Å²) in [5.74, 6) is -0.416. The summed E-state index contributed by atoms with van der Waals surface area (Å²) in [5, 5.41) is 48.2. The molecular formula is C84H87Br2ClIN11O18S3. The van der Waals surface area contributed by atoms with Crippen LogP contribution in [0.15, 0.2) is 237 Å². The minimum Gasteiger partial charge on any atom is -0.504 e. The minimum atomic E-state index is -4.88. The Balaban J connectivity index is 0.000000268. The van der Waals surface area contributed by atoms with E-state index >= 15 is 0 Å². The number of ketones is 3. The molecule has 1 aliphatic heterocycles. The van der Waals surface area contributed by atoms with Crippen molar-refractivity contribution in [2.45, 2.75) is 108 Å². The van der Waals surface area contributed by atoms with Crippen molar-refractivity contribution >= 4 is 219 Å². The first-order valence-electron chi connectivity index (χ1n) is 34.6. The number of Topliss-reactive ketones (excluding diaryl/α,β-unsaturated/α-hetero) is 3. The number of rotatable bonds is 15. The van der Waals surface area contributed by atoms with Crippen molar-refractivity contribution < 1.29 is 82.7 Å². The molecule has 0 radical (unpaired) electrons. The molecule has 632 valence electrons. The summed E-state index contributed by atoms with van der Waals surface area (Å²) in [6.07, 6.45) is 4.33. The van der Waals surface area contributed by atoms with Gasteiger partial charge in [-0.05, 0) is 201 Å². The highest BCUT2D eigenvalue weighted by atomic mass is 127. The maximum atomic E-state index is 12.9. The van der Waals surface area contributed by atoms with Crippen molar-refractivity contribution in [3.8, 4) is 11.5 Å². The van der Waals surface area contributed by atoms with Gasteiger partial charge < -0.3 is 36.2 Å². The molecule has 120 heavy (non-hydrogen) atoms. The van der Waals surface area contributed by atoms with Gasteiger partial charge in [-0.3, -0.25) is 47.6 Å². The molecule has 9 N–H and O–H groups in total. The average molecular weight is 1960 g/mol. The number of ether oxygens (including phenoxy) is 2. The van der Waals surface area contributed by atoms with E-state index in [1.165, 1.54) is 72.7 Å². The largest absolute Gasteiger partial charge is 0.504 e. The number of anilines is 3. The van der Waals surface area contributed by atoms with Crippen LogP contribution in [0.3, 0.4) is 0 Å². The minimum absolute atomic E-state index is 0. The van der Waals surface area contributed by atoms with Crippen LogP contribution < -0.4 is 21.1 Å². The fourth-order valence-corrected chi connectivity index (χ4v) is 16.4. The number of phenols is 1. The van der Waals surface area contributed by atoms with Gasteiger partial charge in [-0.2, -0.15) is 50.8 Å². The van der Waals surface area contributed by atoms with E-state index in [0.717, 1.165) is 65.1 Å². The van der Waals surface area contributed by atoms with Crippen LogP contribution in [0.4, 0.5) is 34.1 Å². The molecule has 3 unspecified atom stereocenters. The zero-order chi connectivity index (χ0) is 84.5. The fourth-order valence-electron chi connectivity index (χ4n) is 12.1. The second-order valence-electron chi connectivity index (χ2n) is 26.7. The van der Waals surface area contributed by atoms with Crippen molar-refractivity contribution in [1.29, 1.82) is 0 Å². The predicted molar refractivity (Wildman–Crippen MR) is 485 cm³/mol. The van der Waals surface area contributed by atoms with Crippen molar-refractivity contribution in [2.75, 3.05) is 36.6 Å². The molecule has 0 saturated carbocycles. The number of esters is 1. The van der Waals surface area contributed by atoms with Crippen LogP contribution in [0.5, 0.6) is 11.5 Å². The van der Waals surface area contributed by atoms with Crippen molar-refractivity contribution in [3.05, 3.63) is 238 Å². The molecule has 0 spiro atoms. The predicted octanol–water partition coefficient (Wildman–Crippen LogP) is 20.1. The number of alkyl halides is 2. The SMILES string of the molecule is C.C.C.C.CC(=O)c1nccc2ccccc12.CC1(C)C(Br)C(=O)C(Br)C(C)(C)N1O.CCOC(=O)CNc1c2ccc(Cl)cc2nc2ccc(OC)cc12.Nc1cc(I)c2cccnc2c1O.O=C(Nc1ccc(N=Nc2ccc3cc(S(=O)(=O)O)cc(S(=O)(=O)O)c3c2)cc1)c1ccc(N=NC2C=C(S(=O)(=O)O)c3ccccc3C2=O)cc1. The third-order valence-electron chi connectivity index (χ3n) is 17.9. The highest BCUT2D eigenvalue weighted by Gasteiger charge is 2.55. The van der Waals surface area contributed by atoms with Gasteiger partial charge in [0.15, 0.2) is 29.1 Å². The Labute approximate surface area is 729 Å². The van der Waals surface area contributed by atoms with Crippen molar-refractivity contribution in [3.63, 3.8) is 0 Å². The summed E-state index contributed by atoms with van der Waals surface area (Å²) in [6.45, 7) is 11.1. The number of nitrogens with one attached hydrogen (secondary N) is 2. The number of aromatic nitrogens is 3. The van der Waals surface area contributed by atoms with E-state index < -0.39 is 73.9 Å². The molecule has 4 heterocycles. The average Bonchev–Trinajstić information content (AvgIpc) is 0.587. The molecule has 1 amide bonds. The summed E-state index contributed by atoms with van der Waals surface area (Å²) >= 11 is 14.9. The quantitative estimate of drug-likeness (QED) is 0.00544. The highest BCUT2D eigenvalue weighted by Crippen LogP contribution is 2.43. The number of halogens is 4. The molecule has 12 aromatic rings. The summed E-state index contributed by atoms with van der Waals surface area (Å²) in [5.41, 5.74) is 9.82. The summed E-state index contributed by atoms with van der Waals surface area (Å²) in [6, 6.07) is 48.6. The van der Waals surface area contributed by atoms with Crippen LogP contribution >= 0.6 is 66.1 Å². The molecule has 3 aromatic heterocycles. The van der Waals surface area contributed by atoms with Crippen LogP contribution in [0.2, 0.25) is 5.02 Å². The van der Waals surface area contributed by atoms with Crippen LogP contribution in [-0.4, -0.2) is 146 Å². The number of hydrogen-bond donors (Lipinski definition) is 8. The van der Waals surface area contributed by atoms with Gasteiger partial charge in [-0.1, -0.05) is 134 Å². The number of benzene rings is 9. The number of aromatic hydroxyl groups is 1. The second kappa shape index (κ2) is 41.1. The highest BCUT2D eigenvalue weighted by molar-refractivity contribution is 14.1. The van der Waals surface area contributed by atoms with E-state index in [4.69, 9.17) is 26.8 Å². The number of nitrogens with zero attached hydrogens (tertiary/aromatic N) is 8. The number of hydroxylamine groups is 2. The number of phenolic OH excluding ortho intramolecular Hbond substituents is 1.